The van der Waals surface area contributed by atoms with Crippen LogP contribution in [-0.2, 0) is 5.41 Å². The molecule has 0 bridgehead atoms. The molecule has 1 aromatic heterocycles. The monoisotopic (exact) mass is 384 g/mol. The van der Waals surface area contributed by atoms with Crippen LogP contribution in [0.1, 0.15) is 42.3 Å². The minimum Gasteiger partial charge on any atom is -0.484 e. The van der Waals surface area contributed by atoms with Gasteiger partial charge in [-0.25, -0.2) is 4.79 Å². The van der Waals surface area contributed by atoms with E-state index in [2.05, 4.69) is 20.8 Å². The first-order chi connectivity index (χ1) is 12.6. The van der Waals surface area contributed by atoms with Crippen LogP contribution in [0.4, 0.5) is 0 Å². The molecular weight excluding hydrogens is 364 g/mol. The van der Waals surface area contributed by atoms with Crippen molar-refractivity contribution in [1.82, 2.24) is 0 Å². The fraction of sp³-hybridized carbons (Fsp3) is 0.273. The minimum absolute atomic E-state index is 0.0265. The number of benzene rings is 2. The molecule has 0 radical (unpaired) electrons. The van der Waals surface area contributed by atoms with Crippen LogP contribution >= 0.6 is 11.6 Å². The maximum atomic E-state index is 12.4. The lowest BCUT2D eigenvalue weighted by Crippen LogP contribution is -2.14. The van der Waals surface area contributed by atoms with Gasteiger partial charge >= 0.3 is 5.63 Å². The van der Waals surface area contributed by atoms with Gasteiger partial charge in [0.15, 0.2) is 12.4 Å². The van der Waals surface area contributed by atoms with Crippen LogP contribution in [-0.4, -0.2) is 12.4 Å². The molecule has 4 nitrogen and oxygen atoms in total. The van der Waals surface area contributed by atoms with E-state index in [1.165, 1.54) is 6.07 Å². The van der Waals surface area contributed by atoms with Crippen LogP contribution in [0.2, 0.25) is 5.02 Å². The van der Waals surface area contributed by atoms with Gasteiger partial charge in [0.25, 0.3) is 0 Å². The summed E-state index contributed by atoms with van der Waals surface area (Å²) in [6.07, 6.45) is 0. The molecule has 27 heavy (non-hydrogen) atoms. The van der Waals surface area contributed by atoms with E-state index in [1.54, 1.807) is 31.2 Å². The molecule has 0 unspecified atom stereocenters. The lowest BCUT2D eigenvalue weighted by Gasteiger charge is -2.19. The number of hydrogen-bond acceptors (Lipinski definition) is 4. The first-order valence-corrected chi connectivity index (χ1v) is 9.03. The molecule has 0 atom stereocenters. The number of carbonyl (C=O) groups excluding carboxylic acids is 1. The largest absolute Gasteiger partial charge is 0.484 e. The smallest absolute Gasteiger partial charge is 0.336 e. The Morgan fingerprint density at radius 1 is 1.11 bits per heavy atom. The Morgan fingerprint density at radius 3 is 2.41 bits per heavy atom. The zero-order valence-electron chi connectivity index (χ0n) is 15.8. The van der Waals surface area contributed by atoms with E-state index in [0.29, 0.717) is 21.9 Å². The highest BCUT2D eigenvalue weighted by Crippen LogP contribution is 2.31. The van der Waals surface area contributed by atoms with Crippen molar-refractivity contribution >= 4 is 28.4 Å². The summed E-state index contributed by atoms with van der Waals surface area (Å²) in [5.74, 6) is 0.148. The average molecular weight is 385 g/mol. The third-order valence-corrected chi connectivity index (χ3v) is 4.73. The Bertz CT molecular complexity index is 1060. The van der Waals surface area contributed by atoms with Crippen molar-refractivity contribution in [3.05, 3.63) is 74.6 Å². The van der Waals surface area contributed by atoms with Crippen molar-refractivity contribution in [3.63, 3.8) is 0 Å². The second-order valence-electron chi connectivity index (χ2n) is 7.57. The summed E-state index contributed by atoms with van der Waals surface area (Å²) in [4.78, 5) is 24.0. The molecule has 5 heteroatoms. The van der Waals surface area contributed by atoms with Gasteiger partial charge in [-0.1, -0.05) is 56.6 Å². The summed E-state index contributed by atoms with van der Waals surface area (Å²) >= 11 is 6.26. The van der Waals surface area contributed by atoms with E-state index in [9.17, 15) is 9.59 Å². The van der Waals surface area contributed by atoms with Crippen LogP contribution in [0, 0.1) is 6.92 Å². The normalized spacial score (nSPS) is 11.6. The number of ether oxygens (including phenoxy) is 1. The number of ketones is 1. The number of fused-ring (bicyclic) bond motifs is 1. The van der Waals surface area contributed by atoms with Gasteiger partial charge in [0.2, 0.25) is 0 Å². The molecule has 0 fully saturated rings. The van der Waals surface area contributed by atoms with E-state index in [-0.39, 0.29) is 17.8 Å². The van der Waals surface area contributed by atoms with E-state index >= 15 is 0 Å². The average Bonchev–Trinajstić information content (AvgIpc) is 2.60. The second kappa shape index (κ2) is 7.20. The van der Waals surface area contributed by atoms with Gasteiger partial charge in [0, 0.05) is 23.1 Å². The van der Waals surface area contributed by atoms with E-state index in [4.69, 9.17) is 20.8 Å². The molecule has 0 aliphatic rings. The molecule has 1 heterocycles. The zero-order chi connectivity index (χ0) is 19.8. The molecule has 0 aliphatic heterocycles. The Labute approximate surface area is 162 Å². The van der Waals surface area contributed by atoms with E-state index < -0.39 is 5.63 Å². The van der Waals surface area contributed by atoms with Crippen LogP contribution in [0.25, 0.3) is 11.0 Å². The third kappa shape index (κ3) is 4.22. The van der Waals surface area contributed by atoms with Crippen LogP contribution in [0.5, 0.6) is 5.75 Å². The maximum absolute atomic E-state index is 12.4. The topological polar surface area (TPSA) is 56.5 Å². The fourth-order valence-electron chi connectivity index (χ4n) is 2.81. The molecule has 140 valence electrons. The fourth-order valence-corrected chi connectivity index (χ4v) is 3.03. The number of carbonyl (C=O) groups is 1. The van der Waals surface area contributed by atoms with Crippen LogP contribution in [0.15, 0.2) is 51.7 Å². The molecule has 0 amide bonds. The summed E-state index contributed by atoms with van der Waals surface area (Å²) in [5.41, 5.74) is 2.46. The Hall–Kier alpha value is -2.59. The van der Waals surface area contributed by atoms with Gasteiger partial charge in [0.05, 0.1) is 5.02 Å². The van der Waals surface area contributed by atoms with Gasteiger partial charge in [-0.15, -0.1) is 0 Å². The SMILES string of the molecule is Cc1cc(=O)oc2cc(OCC(=O)c3ccc(C(C)(C)C)cc3)c(Cl)cc12. The summed E-state index contributed by atoms with van der Waals surface area (Å²) in [5, 5.41) is 1.09. The van der Waals surface area contributed by atoms with Crippen molar-refractivity contribution < 1.29 is 13.9 Å². The molecule has 0 saturated heterocycles. The number of Topliss-reactive ketones (excluding diaryl/α,β-unsaturated/α-hetero) is 1. The maximum Gasteiger partial charge on any atom is 0.336 e. The van der Waals surface area contributed by atoms with Crippen molar-refractivity contribution in [2.24, 2.45) is 0 Å². The van der Waals surface area contributed by atoms with Crippen molar-refractivity contribution in [2.45, 2.75) is 33.1 Å². The summed E-state index contributed by atoms with van der Waals surface area (Å²) in [7, 11) is 0. The molecule has 3 rings (SSSR count). The Morgan fingerprint density at radius 2 is 1.78 bits per heavy atom. The molecule has 0 spiro atoms. The number of halogens is 1. The van der Waals surface area contributed by atoms with Crippen molar-refractivity contribution in [2.75, 3.05) is 6.61 Å². The van der Waals surface area contributed by atoms with Crippen LogP contribution in [0.3, 0.4) is 0 Å². The summed E-state index contributed by atoms with van der Waals surface area (Å²) < 4.78 is 10.8. The Balaban J connectivity index is 1.79. The standard InChI is InChI=1S/C22H21ClO4/c1-13-9-21(25)27-19-11-20(17(23)10-16(13)19)26-12-18(24)14-5-7-15(8-6-14)22(2,3)4/h5-11H,12H2,1-4H3. The third-order valence-electron chi connectivity index (χ3n) is 4.44. The van der Waals surface area contributed by atoms with Gasteiger partial charge < -0.3 is 9.15 Å². The van der Waals surface area contributed by atoms with Crippen LogP contribution < -0.4 is 10.4 Å². The van der Waals surface area contributed by atoms with Gasteiger partial charge in [-0.2, -0.15) is 0 Å². The van der Waals surface area contributed by atoms with E-state index in [1.807, 2.05) is 12.1 Å². The highest BCUT2D eigenvalue weighted by atomic mass is 35.5. The summed E-state index contributed by atoms with van der Waals surface area (Å²) in [6.45, 7) is 8.01. The lowest BCUT2D eigenvalue weighted by molar-refractivity contribution is 0.0921. The van der Waals surface area contributed by atoms with Gasteiger partial charge in [-0.05, 0) is 29.5 Å². The number of aryl methyl sites for hydroxylation is 1. The molecule has 0 N–H and O–H groups in total. The molecule has 2 aromatic carbocycles. The first-order valence-electron chi connectivity index (χ1n) is 8.66. The Kier molecular flexibility index (Phi) is 5.11. The van der Waals surface area contributed by atoms with E-state index in [0.717, 1.165) is 16.5 Å². The second-order valence-corrected chi connectivity index (χ2v) is 7.97. The zero-order valence-corrected chi connectivity index (χ0v) is 16.5. The molecule has 3 aromatic rings. The molecule has 0 saturated carbocycles. The highest BCUT2D eigenvalue weighted by molar-refractivity contribution is 6.32. The number of rotatable bonds is 4. The summed E-state index contributed by atoms with van der Waals surface area (Å²) in [6, 6.07) is 12.1. The highest BCUT2D eigenvalue weighted by Gasteiger charge is 2.15. The molecular formula is C22H21ClO4. The van der Waals surface area contributed by atoms with Crippen molar-refractivity contribution in [1.29, 1.82) is 0 Å². The predicted molar refractivity (Wildman–Crippen MR) is 107 cm³/mol. The first kappa shape index (κ1) is 19.2. The van der Waals surface area contributed by atoms with Crippen molar-refractivity contribution in [3.8, 4) is 5.75 Å². The number of hydrogen-bond donors (Lipinski definition) is 0. The minimum atomic E-state index is -0.441. The quantitative estimate of drug-likeness (QED) is 0.451. The van der Waals surface area contributed by atoms with Gasteiger partial charge in [0.1, 0.15) is 11.3 Å². The lowest BCUT2D eigenvalue weighted by atomic mass is 9.86. The van der Waals surface area contributed by atoms with Gasteiger partial charge in [-0.3, -0.25) is 4.79 Å². The molecule has 0 aliphatic carbocycles. The predicted octanol–water partition coefficient (Wildman–Crippen LogP) is 5.31.